The number of amides is 1. The van der Waals surface area contributed by atoms with Crippen LogP contribution in [0.25, 0.3) is 11.6 Å². The predicted octanol–water partition coefficient (Wildman–Crippen LogP) is 3.02. The summed E-state index contributed by atoms with van der Waals surface area (Å²) in [4.78, 5) is 14.6. The maximum absolute atomic E-state index is 12.7. The molecule has 1 unspecified atom stereocenters. The Morgan fingerprint density at radius 3 is 2.83 bits per heavy atom. The van der Waals surface area contributed by atoms with E-state index in [0.29, 0.717) is 6.54 Å². The minimum atomic E-state index is -0.618. The zero-order valence-corrected chi connectivity index (χ0v) is 13.4. The molecular weight excluding hydrogens is 300 g/mol. The lowest BCUT2D eigenvalue weighted by molar-refractivity contribution is -0.125. The standard InChI is InChI=1S/C20H18N2O2/c1-22-11-10-15-8-5-9-17-18(15)16(13-22)19(24-17)20(23)21-12-14-6-3-2-4-7-14/h2-11,13,19H,12H2,1H3,(H,21,23). The van der Waals surface area contributed by atoms with Crippen LogP contribution in [0.4, 0.5) is 0 Å². The van der Waals surface area contributed by atoms with Gasteiger partial charge in [0, 0.05) is 37.1 Å². The number of ether oxygens (including phenoxy) is 1. The lowest BCUT2D eigenvalue weighted by Crippen LogP contribution is -2.36. The molecule has 0 aromatic heterocycles. The molecule has 4 rings (SSSR count). The number of rotatable bonds is 3. The summed E-state index contributed by atoms with van der Waals surface area (Å²) >= 11 is 0. The molecule has 2 aliphatic rings. The van der Waals surface area contributed by atoms with Crippen LogP contribution in [0.2, 0.25) is 0 Å². The van der Waals surface area contributed by atoms with E-state index in [1.807, 2.05) is 79.0 Å². The van der Waals surface area contributed by atoms with Crippen LogP contribution in [0.15, 0.2) is 60.9 Å². The van der Waals surface area contributed by atoms with Crippen LogP contribution in [0.5, 0.6) is 5.75 Å². The molecule has 24 heavy (non-hydrogen) atoms. The van der Waals surface area contributed by atoms with Gasteiger partial charge in [-0.1, -0.05) is 42.5 Å². The molecule has 2 aromatic rings. The summed E-state index contributed by atoms with van der Waals surface area (Å²) in [5.41, 5.74) is 4.05. The molecule has 4 heteroatoms. The number of carbonyl (C=O) groups is 1. The molecule has 0 radical (unpaired) electrons. The molecule has 0 saturated carbocycles. The first kappa shape index (κ1) is 14.6. The van der Waals surface area contributed by atoms with E-state index in [2.05, 4.69) is 5.32 Å². The minimum Gasteiger partial charge on any atom is -0.475 e. The Hall–Kier alpha value is -3.01. The third-order valence-corrected chi connectivity index (χ3v) is 4.25. The van der Waals surface area contributed by atoms with Crippen molar-refractivity contribution in [3.63, 3.8) is 0 Å². The second-order valence-corrected chi connectivity index (χ2v) is 5.99. The van der Waals surface area contributed by atoms with Gasteiger partial charge in [-0.2, -0.15) is 0 Å². The highest BCUT2D eigenvalue weighted by Gasteiger charge is 2.36. The lowest BCUT2D eigenvalue weighted by atomic mass is 9.98. The molecule has 120 valence electrons. The van der Waals surface area contributed by atoms with Crippen molar-refractivity contribution in [2.75, 3.05) is 7.05 Å². The number of benzene rings is 2. The van der Waals surface area contributed by atoms with Crippen molar-refractivity contribution in [2.45, 2.75) is 12.6 Å². The molecule has 2 heterocycles. The van der Waals surface area contributed by atoms with Crippen molar-refractivity contribution in [2.24, 2.45) is 0 Å². The van der Waals surface area contributed by atoms with Crippen LogP contribution in [-0.2, 0) is 11.3 Å². The average Bonchev–Trinajstić information content (AvgIpc) is 2.88. The van der Waals surface area contributed by atoms with E-state index in [1.54, 1.807) is 0 Å². The highest BCUT2D eigenvalue weighted by molar-refractivity contribution is 6.00. The molecule has 1 atom stereocenters. The van der Waals surface area contributed by atoms with Gasteiger partial charge in [-0.05, 0) is 23.3 Å². The maximum atomic E-state index is 12.7. The Morgan fingerprint density at radius 1 is 1.17 bits per heavy atom. The van der Waals surface area contributed by atoms with Gasteiger partial charge in [-0.15, -0.1) is 0 Å². The monoisotopic (exact) mass is 318 g/mol. The quantitative estimate of drug-likeness (QED) is 0.946. The lowest BCUT2D eigenvalue weighted by Gasteiger charge is -2.15. The summed E-state index contributed by atoms with van der Waals surface area (Å²) in [6, 6.07) is 15.8. The molecule has 0 saturated heterocycles. The second-order valence-electron chi connectivity index (χ2n) is 5.99. The van der Waals surface area contributed by atoms with Gasteiger partial charge in [0.25, 0.3) is 5.91 Å². The summed E-state index contributed by atoms with van der Waals surface area (Å²) in [6.07, 6.45) is 5.37. The highest BCUT2D eigenvalue weighted by atomic mass is 16.5. The van der Waals surface area contributed by atoms with Crippen molar-refractivity contribution in [1.29, 1.82) is 0 Å². The van der Waals surface area contributed by atoms with E-state index >= 15 is 0 Å². The summed E-state index contributed by atoms with van der Waals surface area (Å²) in [7, 11) is 1.95. The minimum absolute atomic E-state index is 0.123. The number of hydrogen-bond acceptors (Lipinski definition) is 3. The highest BCUT2D eigenvalue weighted by Crippen LogP contribution is 2.41. The summed E-state index contributed by atoms with van der Waals surface area (Å²) < 4.78 is 5.94. The molecular formula is C20H18N2O2. The van der Waals surface area contributed by atoms with Gasteiger partial charge in [-0.3, -0.25) is 4.79 Å². The van der Waals surface area contributed by atoms with Crippen LogP contribution >= 0.6 is 0 Å². The first-order valence-corrected chi connectivity index (χ1v) is 7.96. The van der Waals surface area contributed by atoms with E-state index in [4.69, 9.17) is 4.74 Å². The number of nitrogens with zero attached hydrogens (tertiary/aromatic N) is 1. The summed E-state index contributed by atoms with van der Waals surface area (Å²) in [5, 5.41) is 2.98. The molecule has 2 aliphatic heterocycles. The van der Waals surface area contributed by atoms with Crippen LogP contribution in [-0.4, -0.2) is 24.0 Å². The van der Waals surface area contributed by atoms with E-state index in [-0.39, 0.29) is 5.91 Å². The van der Waals surface area contributed by atoms with Crippen LogP contribution in [0.1, 0.15) is 16.7 Å². The van der Waals surface area contributed by atoms with Crippen LogP contribution in [0, 0.1) is 0 Å². The second kappa shape index (κ2) is 5.89. The van der Waals surface area contributed by atoms with Crippen molar-refractivity contribution in [3.05, 3.63) is 77.6 Å². The number of hydrogen-bond donors (Lipinski definition) is 1. The predicted molar refractivity (Wildman–Crippen MR) is 93.9 cm³/mol. The van der Waals surface area contributed by atoms with Gasteiger partial charge in [0.2, 0.25) is 6.10 Å². The summed E-state index contributed by atoms with van der Waals surface area (Å²) in [5.74, 6) is 0.640. The van der Waals surface area contributed by atoms with Gasteiger partial charge in [-0.25, -0.2) is 0 Å². The number of carbonyl (C=O) groups excluding carboxylic acids is 1. The molecule has 2 aromatic carbocycles. The Balaban J connectivity index is 1.59. The van der Waals surface area contributed by atoms with Crippen molar-refractivity contribution in [3.8, 4) is 5.75 Å². The van der Waals surface area contributed by atoms with Crippen molar-refractivity contribution < 1.29 is 9.53 Å². The topological polar surface area (TPSA) is 41.6 Å². The Kier molecular flexibility index (Phi) is 3.58. The summed E-state index contributed by atoms with van der Waals surface area (Å²) in [6.45, 7) is 0.490. The zero-order chi connectivity index (χ0) is 16.5. The molecule has 0 spiro atoms. The van der Waals surface area contributed by atoms with Gasteiger partial charge < -0.3 is 15.0 Å². The van der Waals surface area contributed by atoms with Crippen molar-refractivity contribution >= 4 is 17.6 Å². The fourth-order valence-corrected chi connectivity index (χ4v) is 3.08. The fraction of sp³-hybridized carbons (Fsp3) is 0.150. The van der Waals surface area contributed by atoms with Crippen molar-refractivity contribution in [1.82, 2.24) is 10.2 Å². The molecule has 4 nitrogen and oxygen atoms in total. The van der Waals surface area contributed by atoms with Crippen LogP contribution in [0.3, 0.4) is 0 Å². The number of nitrogens with one attached hydrogen (secondary N) is 1. The Labute approximate surface area is 141 Å². The van der Waals surface area contributed by atoms with E-state index in [1.165, 1.54) is 0 Å². The third-order valence-electron chi connectivity index (χ3n) is 4.25. The van der Waals surface area contributed by atoms with Gasteiger partial charge >= 0.3 is 0 Å². The van der Waals surface area contributed by atoms with Gasteiger partial charge in [0.1, 0.15) is 5.75 Å². The molecule has 0 bridgehead atoms. The molecule has 1 amide bonds. The fourth-order valence-electron chi connectivity index (χ4n) is 3.08. The normalized spacial score (nSPS) is 17.6. The van der Waals surface area contributed by atoms with E-state index < -0.39 is 6.10 Å². The molecule has 1 N–H and O–H groups in total. The SMILES string of the molecule is CN1C=Cc2cccc3c2C(=C1)C(C(=O)NCc1ccccc1)O3. The smallest absolute Gasteiger partial charge is 0.266 e. The van der Waals surface area contributed by atoms with Gasteiger partial charge in [0.05, 0.1) is 0 Å². The average molecular weight is 318 g/mol. The zero-order valence-electron chi connectivity index (χ0n) is 13.4. The van der Waals surface area contributed by atoms with Gasteiger partial charge in [0.15, 0.2) is 0 Å². The Bertz CT molecular complexity index is 840. The molecule has 0 fully saturated rings. The first-order chi connectivity index (χ1) is 11.7. The Morgan fingerprint density at radius 2 is 2.00 bits per heavy atom. The van der Waals surface area contributed by atoms with E-state index in [9.17, 15) is 4.79 Å². The largest absolute Gasteiger partial charge is 0.475 e. The first-order valence-electron chi connectivity index (χ1n) is 7.96. The molecule has 0 aliphatic carbocycles. The van der Waals surface area contributed by atoms with Crippen LogP contribution < -0.4 is 10.1 Å². The third kappa shape index (κ3) is 2.56. The van der Waals surface area contributed by atoms with E-state index in [0.717, 1.165) is 28.0 Å². The maximum Gasteiger partial charge on any atom is 0.266 e.